The summed E-state index contributed by atoms with van der Waals surface area (Å²) < 4.78 is 0.648. The molecule has 66 valence electrons. The van der Waals surface area contributed by atoms with E-state index in [1.165, 1.54) is 0 Å². The molecule has 0 atom stereocenters. The molecule has 0 aliphatic heterocycles. The van der Waals surface area contributed by atoms with Crippen LogP contribution in [0.1, 0.15) is 12.8 Å². The standard InChI is InChI=1S/C11H11.ClH.Ti/c1-2-6-10(5-1)9-11-7-3-4-8-11;;/h1-5,7,9H,6,8H2;1H;/q;;+1/p-1. The predicted octanol–water partition coefficient (Wildman–Crippen LogP) is 0.0983. The van der Waals surface area contributed by atoms with Gasteiger partial charge < -0.3 is 12.4 Å². The molecular formula is C11H11ClTi. The second kappa shape index (κ2) is 5.00. The number of hydrogen-bond donors (Lipinski definition) is 0. The zero-order valence-corrected chi connectivity index (χ0v) is 9.65. The van der Waals surface area contributed by atoms with Crippen LogP contribution in [0.4, 0.5) is 0 Å². The fraction of sp³-hybridized carbons (Fsp3) is 0.273. The van der Waals surface area contributed by atoms with Gasteiger partial charge in [-0.25, -0.2) is 0 Å². The molecule has 0 heterocycles. The van der Waals surface area contributed by atoms with E-state index in [9.17, 15) is 0 Å². The van der Waals surface area contributed by atoms with Gasteiger partial charge in [-0.1, -0.05) is 0 Å². The van der Waals surface area contributed by atoms with Crippen LogP contribution in [0.3, 0.4) is 0 Å². The Kier molecular flexibility index (Phi) is 4.24. The molecule has 2 aliphatic rings. The van der Waals surface area contributed by atoms with Crippen LogP contribution in [-0.2, 0) is 20.4 Å². The fourth-order valence-corrected chi connectivity index (χ4v) is 2.26. The van der Waals surface area contributed by atoms with Crippen molar-refractivity contribution in [1.82, 2.24) is 0 Å². The summed E-state index contributed by atoms with van der Waals surface area (Å²) in [6.07, 6.45) is 15.6. The normalized spacial score (nSPS) is 18.8. The Bertz CT molecular complexity index is 267. The Morgan fingerprint density at radius 2 is 1.46 bits per heavy atom. The van der Waals surface area contributed by atoms with Gasteiger partial charge in [0.15, 0.2) is 0 Å². The SMILES string of the molecule is [Cl-].[Ti+][CH](C1=CC=CC1)C1=CC=CC1. The van der Waals surface area contributed by atoms with Gasteiger partial charge in [0.2, 0.25) is 0 Å². The molecule has 13 heavy (non-hydrogen) atoms. The van der Waals surface area contributed by atoms with Crippen molar-refractivity contribution >= 4 is 0 Å². The summed E-state index contributed by atoms with van der Waals surface area (Å²) in [7, 11) is 0. The first-order chi connectivity index (χ1) is 5.88. The van der Waals surface area contributed by atoms with Crippen molar-refractivity contribution in [2.24, 2.45) is 0 Å². The molecule has 0 saturated heterocycles. The predicted molar refractivity (Wildman–Crippen MR) is 47.4 cm³/mol. The minimum atomic E-state index is 0. The van der Waals surface area contributed by atoms with Crippen LogP contribution in [0.15, 0.2) is 47.6 Å². The van der Waals surface area contributed by atoms with E-state index < -0.39 is 0 Å². The fourth-order valence-electron chi connectivity index (χ4n) is 1.59. The van der Waals surface area contributed by atoms with Crippen LogP contribution in [-0.4, -0.2) is 0 Å². The Morgan fingerprint density at radius 3 is 1.77 bits per heavy atom. The molecule has 2 rings (SSSR count). The van der Waals surface area contributed by atoms with Crippen molar-refractivity contribution in [3.05, 3.63) is 47.6 Å². The molecule has 2 aliphatic carbocycles. The van der Waals surface area contributed by atoms with E-state index in [1.54, 1.807) is 11.1 Å². The Labute approximate surface area is 97.3 Å². The Balaban J connectivity index is 0.000000845. The summed E-state index contributed by atoms with van der Waals surface area (Å²) in [6.45, 7) is 0. The number of halogens is 1. The average molecular weight is 227 g/mol. The van der Waals surface area contributed by atoms with Gasteiger partial charge in [-0.15, -0.1) is 0 Å². The van der Waals surface area contributed by atoms with Crippen LogP contribution in [0.25, 0.3) is 0 Å². The number of allylic oxidation sites excluding steroid dienone is 8. The first-order valence-corrected chi connectivity index (χ1v) is 5.20. The topological polar surface area (TPSA) is 0 Å². The summed E-state index contributed by atoms with van der Waals surface area (Å²) in [6, 6.07) is 0. The van der Waals surface area contributed by atoms with Gasteiger partial charge in [0.25, 0.3) is 0 Å². The van der Waals surface area contributed by atoms with Crippen molar-refractivity contribution < 1.29 is 32.8 Å². The third kappa shape index (κ3) is 2.46. The second-order valence-corrected chi connectivity index (χ2v) is 4.08. The van der Waals surface area contributed by atoms with Crippen molar-refractivity contribution in [2.45, 2.75) is 17.1 Å². The summed E-state index contributed by atoms with van der Waals surface area (Å²) in [4.78, 5) is 0. The molecule has 0 aromatic heterocycles. The van der Waals surface area contributed by atoms with Gasteiger partial charge >= 0.3 is 85.1 Å². The van der Waals surface area contributed by atoms with Crippen LogP contribution in [0, 0.1) is 0 Å². The van der Waals surface area contributed by atoms with E-state index in [4.69, 9.17) is 0 Å². The van der Waals surface area contributed by atoms with Gasteiger partial charge in [-0.3, -0.25) is 0 Å². The first-order valence-electron chi connectivity index (χ1n) is 4.30. The van der Waals surface area contributed by atoms with Crippen LogP contribution in [0.2, 0.25) is 4.22 Å². The van der Waals surface area contributed by atoms with Crippen LogP contribution in [0.5, 0.6) is 0 Å². The van der Waals surface area contributed by atoms with E-state index in [1.807, 2.05) is 0 Å². The molecular weight excluding hydrogens is 215 g/mol. The van der Waals surface area contributed by atoms with E-state index in [-0.39, 0.29) is 12.4 Å². The molecule has 0 N–H and O–H groups in total. The molecule has 0 amide bonds. The van der Waals surface area contributed by atoms with Crippen molar-refractivity contribution in [1.29, 1.82) is 0 Å². The maximum absolute atomic E-state index is 2.30. The second-order valence-electron chi connectivity index (χ2n) is 3.18. The number of hydrogen-bond acceptors (Lipinski definition) is 0. The number of rotatable bonds is 2. The molecule has 0 spiro atoms. The molecule has 0 bridgehead atoms. The third-order valence-electron chi connectivity index (χ3n) is 2.34. The molecule has 0 aromatic carbocycles. The van der Waals surface area contributed by atoms with Gasteiger partial charge in [-0.2, -0.15) is 0 Å². The van der Waals surface area contributed by atoms with Crippen molar-refractivity contribution in [2.75, 3.05) is 0 Å². The average Bonchev–Trinajstić information content (AvgIpc) is 2.77. The van der Waals surface area contributed by atoms with Gasteiger partial charge in [0.1, 0.15) is 0 Å². The minimum absolute atomic E-state index is 0. The molecule has 0 unspecified atom stereocenters. The third-order valence-corrected chi connectivity index (χ3v) is 3.50. The van der Waals surface area contributed by atoms with Gasteiger partial charge in [0.05, 0.1) is 0 Å². The van der Waals surface area contributed by atoms with Gasteiger partial charge in [-0.05, 0) is 0 Å². The van der Waals surface area contributed by atoms with E-state index in [0.29, 0.717) is 4.22 Å². The zero-order valence-electron chi connectivity index (χ0n) is 7.33. The quantitative estimate of drug-likeness (QED) is 0.586. The summed E-state index contributed by atoms with van der Waals surface area (Å²) in [5, 5.41) is 0. The summed E-state index contributed by atoms with van der Waals surface area (Å²) >= 11 is 2.30. The van der Waals surface area contributed by atoms with Crippen molar-refractivity contribution in [3.63, 3.8) is 0 Å². The van der Waals surface area contributed by atoms with Crippen LogP contribution < -0.4 is 12.4 Å². The zero-order chi connectivity index (χ0) is 8.39. The first kappa shape index (κ1) is 11.0. The summed E-state index contributed by atoms with van der Waals surface area (Å²) in [5.74, 6) is 0. The maximum atomic E-state index is 2.30. The van der Waals surface area contributed by atoms with E-state index >= 15 is 0 Å². The summed E-state index contributed by atoms with van der Waals surface area (Å²) in [5.41, 5.74) is 3.12. The molecule has 0 fully saturated rings. The van der Waals surface area contributed by atoms with Crippen molar-refractivity contribution in [3.8, 4) is 0 Å². The monoisotopic (exact) mass is 226 g/mol. The molecule has 0 radical (unpaired) electrons. The van der Waals surface area contributed by atoms with E-state index in [2.05, 4.69) is 56.9 Å². The van der Waals surface area contributed by atoms with E-state index in [0.717, 1.165) is 12.8 Å². The molecule has 2 heteroatoms. The molecule has 0 nitrogen and oxygen atoms in total. The molecule has 0 saturated carbocycles. The Hall–Kier alpha value is -0.0357. The Morgan fingerprint density at radius 1 is 1.00 bits per heavy atom. The molecule has 0 aromatic rings. The van der Waals surface area contributed by atoms with Gasteiger partial charge in [0, 0.05) is 0 Å². The van der Waals surface area contributed by atoms with Crippen LogP contribution >= 0.6 is 0 Å².